The molecule has 0 N–H and O–H groups in total. The van der Waals surface area contributed by atoms with E-state index in [0.29, 0.717) is 18.2 Å². The van der Waals surface area contributed by atoms with Gasteiger partial charge in [-0.15, -0.1) is 10.2 Å². The molecule has 3 aromatic rings. The lowest BCUT2D eigenvalue weighted by atomic mass is 10.1. The zero-order chi connectivity index (χ0) is 20.2. The SMILES string of the molecule is Fc1ccc([C@H]2C[C@@H]2COc2ccn3c(CC4CC4)nnc3c2C(F)(F)F)cc1. The highest BCUT2D eigenvalue weighted by atomic mass is 19.4. The molecule has 0 aliphatic heterocycles. The summed E-state index contributed by atoms with van der Waals surface area (Å²) < 4.78 is 61.4. The molecule has 2 saturated carbocycles. The quantitative estimate of drug-likeness (QED) is 0.541. The number of ether oxygens (including phenoxy) is 1. The van der Waals surface area contributed by atoms with Gasteiger partial charge in [0.15, 0.2) is 5.65 Å². The fraction of sp³-hybridized carbons (Fsp3) is 0.429. The second-order valence-electron chi connectivity index (χ2n) is 7.97. The van der Waals surface area contributed by atoms with Crippen LogP contribution in [0.3, 0.4) is 0 Å². The summed E-state index contributed by atoms with van der Waals surface area (Å²) in [6.45, 7) is 0.171. The van der Waals surface area contributed by atoms with E-state index in [1.54, 1.807) is 18.3 Å². The highest BCUT2D eigenvalue weighted by Gasteiger charge is 2.42. The van der Waals surface area contributed by atoms with Crippen LogP contribution >= 0.6 is 0 Å². The second kappa shape index (κ2) is 6.71. The standard InChI is InChI=1S/C21H19F4N3O/c22-15-5-3-13(4-6-15)16-10-14(16)11-29-17-7-8-28-18(9-12-1-2-12)26-27-20(28)19(17)21(23,24)25/h3-8,12,14,16H,1-2,9-11H2/t14-,16-/m1/s1. The third kappa shape index (κ3) is 3.68. The van der Waals surface area contributed by atoms with Crippen LogP contribution in [-0.2, 0) is 12.6 Å². The second-order valence-corrected chi connectivity index (χ2v) is 7.97. The minimum absolute atomic E-state index is 0.112. The average molecular weight is 405 g/mol. The molecule has 4 nitrogen and oxygen atoms in total. The van der Waals surface area contributed by atoms with E-state index in [1.807, 2.05) is 0 Å². The number of fused-ring (bicyclic) bond motifs is 1. The van der Waals surface area contributed by atoms with Gasteiger partial charge in [0.2, 0.25) is 0 Å². The van der Waals surface area contributed by atoms with Crippen LogP contribution in [0.5, 0.6) is 5.75 Å². The lowest BCUT2D eigenvalue weighted by molar-refractivity contribution is -0.138. The van der Waals surface area contributed by atoms with Crippen LogP contribution in [0.1, 0.15) is 42.1 Å². The lowest BCUT2D eigenvalue weighted by Crippen LogP contribution is -2.13. The molecule has 0 unspecified atom stereocenters. The maximum absolute atomic E-state index is 13.8. The van der Waals surface area contributed by atoms with Gasteiger partial charge >= 0.3 is 6.18 Å². The monoisotopic (exact) mass is 405 g/mol. The molecular weight excluding hydrogens is 386 g/mol. The summed E-state index contributed by atoms with van der Waals surface area (Å²) in [4.78, 5) is 0. The number of hydrogen-bond donors (Lipinski definition) is 0. The number of benzene rings is 1. The van der Waals surface area contributed by atoms with Gasteiger partial charge in [-0.3, -0.25) is 4.40 Å². The van der Waals surface area contributed by atoms with Crippen molar-refractivity contribution < 1.29 is 22.3 Å². The lowest BCUT2D eigenvalue weighted by Gasteiger charge is -2.15. The van der Waals surface area contributed by atoms with Crippen LogP contribution in [0.4, 0.5) is 17.6 Å². The Morgan fingerprint density at radius 3 is 2.52 bits per heavy atom. The Morgan fingerprint density at radius 1 is 1.07 bits per heavy atom. The van der Waals surface area contributed by atoms with Crippen molar-refractivity contribution in [1.29, 1.82) is 0 Å². The van der Waals surface area contributed by atoms with E-state index in [2.05, 4.69) is 10.2 Å². The maximum Gasteiger partial charge on any atom is 0.423 e. The van der Waals surface area contributed by atoms with Gasteiger partial charge in [0, 0.05) is 18.5 Å². The molecule has 1 aromatic carbocycles. The molecule has 152 valence electrons. The predicted octanol–water partition coefficient (Wildman–Crippen LogP) is 5.02. The Bertz CT molecular complexity index is 1040. The Hall–Kier alpha value is -2.64. The third-order valence-corrected chi connectivity index (χ3v) is 5.74. The summed E-state index contributed by atoms with van der Waals surface area (Å²) in [5.41, 5.74) is -0.112. The largest absolute Gasteiger partial charge is 0.492 e. The minimum Gasteiger partial charge on any atom is -0.492 e. The van der Waals surface area contributed by atoms with E-state index in [9.17, 15) is 17.6 Å². The highest BCUT2D eigenvalue weighted by molar-refractivity contribution is 5.56. The van der Waals surface area contributed by atoms with Crippen molar-refractivity contribution in [2.24, 2.45) is 11.8 Å². The van der Waals surface area contributed by atoms with E-state index >= 15 is 0 Å². The molecular formula is C21H19F4N3O. The van der Waals surface area contributed by atoms with Crippen molar-refractivity contribution in [2.45, 2.75) is 37.8 Å². The Morgan fingerprint density at radius 2 is 1.83 bits per heavy atom. The number of aromatic nitrogens is 3. The van der Waals surface area contributed by atoms with Gasteiger partial charge in [-0.1, -0.05) is 12.1 Å². The Kier molecular flexibility index (Phi) is 4.26. The van der Waals surface area contributed by atoms with Gasteiger partial charge in [-0.2, -0.15) is 13.2 Å². The first-order valence-corrected chi connectivity index (χ1v) is 9.72. The van der Waals surface area contributed by atoms with Crippen molar-refractivity contribution in [3.8, 4) is 5.75 Å². The van der Waals surface area contributed by atoms with Crippen LogP contribution in [0.25, 0.3) is 5.65 Å². The van der Waals surface area contributed by atoms with Gasteiger partial charge in [-0.25, -0.2) is 4.39 Å². The zero-order valence-electron chi connectivity index (χ0n) is 15.5. The molecule has 0 bridgehead atoms. The first-order valence-electron chi connectivity index (χ1n) is 9.72. The summed E-state index contributed by atoms with van der Waals surface area (Å²) in [5, 5.41) is 7.80. The van der Waals surface area contributed by atoms with Crippen molar-refractivity contribution in [2.75, 3.05) is 6.61 Å². The van der Waals surface area contributed by atoms with Gasteiger partial charge in [0.25, 0.3) is 0 Å². The number of nitrogens with zero attached hydrogens (tertiary/aromatic N) is 3. The molecule has 5 rings (SSSR count). The number of rotatable bonds is 6. The Labute approximate surface area is 164 Å². The molecule has 0 amide bonds. The molecule has 8 heteroatoms. The fourth-order valence-electron chi connectivity index (χ4n) is 3.84. The molecule has 2 aromatic heterocycles. The smallest absolute Gasteiger partial charge is 0.423 e. The van der Waals surface area contributed by atoms with Crippen molar-refractivity contribution in [3.63, 3.8) is 0 Å². The summed E-state index contributed by atoms with van der Waals surface area (Å²) in [7, 11) is 0. The minimum atomic E-state index is -4.60. The summed E-state index contributed by atoms with van der Waals surface area (Å²) in [6, 6.07) is 7.57. The van der Waals surface area contributed by atoms with Crippen LogP contribution < -0.4 is 4.74 Å². The third-order valence-electron chi connectivity index (χ3n) is 5.74. The van der Waals surface area contributed by atoms with E-state index in [1.165, 1.54) is 22.6 Å². The first-order chi connectivity index (χ1) is 13.9. The zero-order valence-corrected chi connectivity index (χ0v) is 15.5. The molecule has 2 fully saturated rings. The highest BCUT2D eigenvalue weighted by Crippen LogP contribution is 2.48. The van der Waals surface area contributed by atoms with E-state index in [-0.39, 0.29) is 35.7 Å². The molecule has 29 heavy (non-hydrogen) atoms. The van der Waals surface area contributed by atoms with Crippen molar-refractivity contribution in [3.05, 3.63) is 59.3 Å². The molecule has 2 aliphatic rings. The van der Waals surface area contributed by atoms with Crippen LogP contribution in [-0.4, -0.2) is 21.2 Å². The van der Waals surface area contributed by atoms with Crippen molar-refractivity contribution >= 4 is 5.65 Å². The molecule has 0 saturated heterocycles. The van der Waals surface area contributed by atoms with E-state index in [4.69, 9.17) is 4.74 Å². The van der Waals surface area contributed by atoms with Crippen LogP contribution in [0, 0.1) is 17.7 Å². The normalized spacial score (nSPS) is 21.5. The molecule has 2 atom stereocenters. The summed E-state index contributed by atoms with van der Waals surface area (Å²) in [5.74, 6) is 0.817. The van der Waals surface area contributed by atoms with E-state index < -0.39 is 11.7 Å². The van der Waals surface area contributed by atoms with Gasteiger partial charge < -0.3 is 4.74 Å². The van der Waals surface area contributed by atoms with Crippen molar-refractivity contribution in [1.82, 2.24) is 14.6 Å². The van der Waals surface area contributed by atoms with Gasteiger partial charge in [0.1, 0.15) is 23.0 Å². The van der Waals surface area contributed by atoms with Gasteiger partial charge in [0.05, 0.1) is 6.61 Å². The van der Waals surface area contributed by atoms with Crippen LogP contribution in [0.2, 0.25) is 0 Å². The number of alkyl halides is 3. The molecule has 0 spiro atoms. The molecule has 2 aliphatic carbocycles. The molecule has 0 radical (unpaired) electrons. The summed E-state index contributed by atoms with van der Waals surface area (Å²) >= 11 is 0. The topological polar surface area (TPSA) is 39.4 Å². The summed E-state index contributed by atoms with van der Waals surface area (Å²) in [6.07, 6.45) is 0.576. The number of hydrogen-bond acceptors (Lipinski definition) is 3. The first kappa shape index (κ1) is 18.4. The predicted molar refractivity (Wildman–Crippen MR) is 97.2 cm³/mol. The molecule has 2 heterocycles. The Balaban J connectivity index is 1.36. The van der Waals surface area contributed by atoms with Crippen LogP contribution in [0.15, 0.2) is 36.5 Å². The maximum atomic E-state index is 13.8. The number of pyridine rings is 1. The van der Waals surface area contributed by atoms with Gasteiger partial charge in [-0.05, 0) is 54.9 Å². The average Bonchev–Trinajstić information content (AvgIpc) is 3.59. The fourth-order valence-corrected chi connectivity index (χ4v) is 3.84. The number of halogens is 4. The van der Waals surface area contributed by atoms with E-state index in [0.717, 1.165) is 24.8 Å².